The first-order valence-corrected chi connectivity index (χ1v) is 20.6. The molecule has 1 aliphatic rings. The first-order valence-electron chi connectivity index (χ1n) is 20.6. The van der Waals surface area contributed by atoms with E-state index in [0.29, 0.717) is 19.4 Å². The molecule has 56 heavy (non-hydrogen) atoms. The number of carbonyl (C=O) groups is 5. The maximum absolute atomic E-state index is 14.4. The lowest BCUT2D eigenvalue weighted by atomic mass is 9.89. The van der Waals surface area contributed by atoms with Crippen LogP contribution in [-0.4, -0.2) is 135 Å². The maximum Gasteiger partial charge on any atom is 0.245 e. The predicted octanol–water partition coefficient (Wildman–Crippen LogP) is 3.89. The lowest BCUT2D eigenvalue weighted by Gasteiger charge is -2.41. The van der Waals surface area contributed by atoms with Gasteiger partial charge in [-0.3, -0.25) is 28.9 Å². The number of nitrogens with zero attached hydrogens (tertiary/aromatic N) is 3. The molecule has 1 aromatic rings. The number of likely N-dealkylation sites (N-methyl/N-ethyl adjacent to an activating group) is 3. The second-order valence-electron chi connectivity index (χ2n) is 16.6. The lowest BCUT2D eigenvalue weighted by Crippen LogP contribution is -2.60. The molecule has 2 rings (SSSR count). The largest absolute Gasteiger partial charge is 0.379 e. The minimum absolute atomic E-state index is 0.0137. The topological polar surface area (TPSA) is 150 Å². The monoisotopic (exact) mass is 787 g/mol. The minimum atomic E-state index is -0.780. The summed E-state index contributed by atoms with van der Waals surface area (Å²) in [4.78, 5) is 74.4. The van der Waals surface area contributed by atoms with Crippen molar-refractivity contribution < 1.29 is 33.4 Å². The molecule has 13 heteroatoms. The minimum Gasteiger partial charge on any atom is -0.379 e. The highest BCUT2D eigenvalue weighted by molar-refractivity contribution is 5.90. The summed E-state index contributed by atoms with van der Waals surface area (Å²) < 4.78 is 12.0. The van der Waals surface area contributed by atoms with Crippen LogP contribution in [0.1, 0.15) is 93.6 Å². The first kappa shape index (κ1) is 48.6. The van der Waals surface area contributed by atoms with Crippen LogP contribution in [0, 0.1) is 23.7 Å². The van der Waals surface area contributed by atoms with Crippen LogP contribution in [-0.2, 0) is 39.9 Å². The van der Waals surface area contributed by atoms with Crippen molar-refractivity contribution in [3.8, 4) is 0 Å². The van der Waals surface area contributed by atoms with Crippen LogP contribution >= 0.6 is 0 Å². The molecule has 0 spiro atoms. The van der Waals surface area contributed by atoms with E-state index in [-0.39, 0.29) is 65.8 Å². The third-order valence-corrected chi connectivity index (χ3v) is 11.8. The van der Waals surface area contributed by atoms with E-state index in [2.05, 4.69) is 16.0 Å². The maximum atomic E-state index is 14.4. The molecule has 9 atom stereocenters. The molecule has 1 aromatic carbocycles. The third-order valence-electron chi connectivity index (χ3n) is 11.8. The van der Waals surface area contributed by atoms with Gasteiger partial charge in [-0.1, -0.05) is 85.2 Å². The normalized spacial score (nSPS) is 18.9. The molecule has 3 N–H and O–H groups in total. The fourth-order valence-corrected chi connectivity index (χ4v) is 8.09. The second kappa shape index (κ2) is 23.0. The molecular weight excluding hydrogens is 713 g/mol. The average molecular weight is 787 g/mol. The molecule has 318 valence electrons. The molecule has 1 saturated heterocycles. The van der Waals surface area contributed by atoms with E-state index in [1.165, 1.54) is 0 Å². The highest BCUT2D eigenvalue weighted by Crippen LogP contribution is 2.30. The van der Waals surface area contributed by atoms with Crippen LogP contribution in [0.5, 0.6) is 0 Å². The van der Waals surface area contributed by atoms with Crippen LogP contribution in [0.2, 0.25) is 0 Å². The quantitative estimate of drug-likeness (QED) is 0.161. The summed E-state index contributed by atoms with van der Waals surface area (Å²) in [7, 11) is 8.31. The summed E-state index contributed by atoms with van der Waals surface area (Å²) in [6.07, 6.45) is 1.20. The molecule has 0 saturated carbocycles. The van der Waals surface area contributed by atoms with E-state index in [4.69, 9.17) is 9.47 Å². The molecule has 0 radical (unpaired) electrons. The average Bonchev–Trinajstić information content (AvgIpc) is 3.65. The van der Waals surface area contributed by atoms with E-state index >= 15 is 0 Å². The van der Waals surface area contributed by atoms with Crippen molar-refractivity contribution in [1.82, 2.24) is 30.7 Å². The van der Waals surface area contributed by atoms with E-state index in [0.717, 1.165) is 18.4 Å². The number of methoxy groups -OCH3 is 2. The fourth-order valence-electron chi connectivity index (χ4n) is 8.09. The van der Waals surface area contributed by atoms with Crippen LogP contribution in [0.4, 0.5) is 0 Å². The Bertz CT molecular complexity index is 1410. The molecular formula is C43H74N6O7. The first-order chi connectivity index (χ1) is 26.4. The van der Waals surface area contributed by atoms with Gasteiger partial charge in [-0.15, -0.1) is 0 Å². The zero-order valence-corrected chi connectivity index (χ0v) is 36.8. The summed E-state index contributed by atoms with van der Waals surface area (Å²) in [5, 5.41) is 8.67. The van der Waals surface area contributed by atoms with E-state index < -0.39 is 42.3 Å². The number of rotatable bonds is 22. The van der Waals surface area contributed by atoms with Gasteiger partial charge in [-0.05, 0) is 57.1 Å². The van der Waals surface area contributed by atoms with Gasteiger partial charge in [0.05, 0.1) is 42.7 Å². The van der Waals surface area contributed by atoms with Crippen molar-refractivity contribution in [3.63, 3.8) is 0 Å². The number of hydrogen-bond donors (Lipinski definition) is 3. The Labute approximate surface area is 337 Å². The van der Waals surface area contributed by atoms with Crippen LogP contribution in [0.3, 0.4) is 0 Å². The molecule has 5 amide bonds. The summed E-state index contributed by atoms with van der Waals surface area (Å²) in [6.45, 7) is 18.3. The molecule has 0 aliphatic carbocycles. The van der Waals surface area contributed by atoms with Gasteiger partial charge in [0.1, 0.15) is 12.1 Å². The zero-order valence-electron chi connectivity index (χ0n) is 36.8. The molecule has 13 nitrogen and oxygen atoms in total. The Morgan fingerprint density at radius 1 is 0.857 bits per heavy atom. The van der Waals surface area contributed by atoms with Gasteiger partial charge in [0.25, 0.3) is 0 Å². The van der Waals surface area contributed by atoms with Gasteiger partial charge in [-0.25, -0.2) is 0 Å². The molecule has 1 fully saturated rings. The Hall–Kier alpha value is -3.55. The predicted molar refractivity (Wildman–Crippen MR) is 221 cm³/mol. The summed E-state index contributed by atoms with van der Waals surface area (Å²) in [6, 6.07) is 6.83. The zero-order chi connectivity index (χ0) is 42.4. The van der Waals surface area contributed by atoms with E-state index in [1.807, 2.05) is 97.7 Å². The Kier molecular flexibility index (Phi) is 20.0. The fraction of sp³-hybridized carbons (Fsp3) is 0.744. The number of benzene rings is 1. The van der Waals surface area contributed by atoms with Gasteiger partial charge >= 0.3 is 0 Å². The molecule has 0 bridgehead atoms. The number of carbonyl (C=O) groups excluding carboxylic acids is 5. The number of amides is 5. The molecule has 1 aliphatic heterocycles. The van der Waals surface area contributed by atoms with Crippen LogP contribution < -0.4 is 16.0 Å². The third kappa shape index (κ3) is 12.7. The van der Waals surface area contributed by atoms with Crippen molar-refractivity contribution in [2.24, 2.45) is 23.7 Å². The second-order valence-corrected chi connectivity index (χ2v) is 16.6. The number of ether oxygens (including phenoxy) is 2. The van der Waals surface area contributed by atoms with Gasteiger partial charge in [0.15, 0.2) is 0 Å². The van der Waals surface area contributed by atoms with Crippen LogP contribution in [0.25, 0.3) is 0 Å². The van der Waals surface area contributed by atoms with Crippen LogP contribution in [0.15, 0.2) is 30.3 Å². The number of nitrogens with one attached hydrogen (secondary N) is 3. The van der Waals surface area contributed by atoms with Crippen molar-refractivity contribution in [1.29, 1.82) is 0 Å². The smallest absolute Gasteiger partial charge is 0.245 e. The van der Waals surface area contributed by atoms with Gasteiger partial charge in [-0.2, -0.15) is 0 Å². The summed E-state index contributed by atoms with van der Waals surface area (Å²) in [5.74, 6) is -2.07. The number of likely N-dealkylation sites (tertiary alicyclic amines) is 1. The Morgan fingerprint density at radius 2 is 1.48 bits per heavy atom. The van der Waals surface area contributed by atoms with Crippen molar-refractivity contribution >= 4 is 29.5 Å². The van der Waals surface area contributed by atoms with Crippen molar-refractivity contribution in [3.05, 3.63) is 35.9 Å². The summed E-state index contributed by atoms with van der Waals surface area (Å²) in [5.41, 5.74) is 0.916. The Balaban J connectivity index is 2.30. The molecule has 0 unspecified atom stereocenters. The van der Waals surface area contributed by atoms with Crippen molar-refractivity contribution in [2.75, 3.05) is 41.9 Å². The van der Waals surface area contributed by atoms with Gasteiger partial charge in [0.2, 0.25) is 29.5 Å². The van der Waals surface area contributed by atoms with Gasteiger partial charge < -0.3 is 35.2 Å². The highest BCUT2D eigenvalue weighted by atomic mass is 16.5. The van der Waals surface area contributed by atoms with Gasteiger partial charge in [0, 0.05) is 47.3 Å². The number of hydrogen-bond acceptors (Lipinski definition) is 8. The lowest BCUT2D eigenvalue weighted by molar-refractivity contribution is -0.148. The SMILES string of the molecule is CC[C@H](C)[C@@H]([C@@H](CC(=O)N1CCC[C@H]1[C@H](OC)[C@@H](C)C(=O)N[C@@H](Cc1ccccc1)C(=O)NC)OC)N(C)C(=O)[C@@H](NC(=O)[C@H](C(C)C)N(C)C(C)C)C(C)C. The highest BCUT2D eigenvalue weighted by Gasteiger charge is 2.43. The summed E-state index contributed by atoms with van der Waals surface area (Å²) >= 11 is 0. The Morgan fingerprint density at radius 3 is 1.98 bits per heavy atom. The molecule has 1 heterocycles. The van der Waals surface area contributed by atoms with E-state index in [9.17, 15) is 24.0 Å². The van der Waals surface area contributed by atoms with E-state index in [1.54, 1.807) is 45.0 Å². The molecule has 0 aromatic heterocycles. The standard InChI is InChI=1S/C43H74N6O7/c1-15-29(8)38(48(12)43(54)36(26(2)3)46-42(53)37(27(4)5)47(11)28(6)7)34(55-13)25-35(50)49-23-19-22-33(49)39(56-14)30(9)40(51)45-32(41(52)44-10)24-31-20-17-16-18-21-31/h16-18,20-21,26-30,32-34,36-39H,15,19,22-25H2,1-14H3,(H,44,52)(H,45,51)(H,46,53)/t29-,30+,32-,33-,34+,36-,37-,38-,39+/m0/s1. The van der Waals surface area contributed by atoms with Crippen molar-refractivity contribution in [2.45, 2.75) is 143 Å².